The predicted octanol–water partition coefficient (Wildman–Crippen LogP) is 2.61. The Kier molecular flexibility index (Phi) is 4.76. The average Bonchev–Trinajstić information content (AvgIpc) is 2.56. The minimum absolute atomic E-state index is 0.0638. The predicted molar refractivity (Wildman–Crippen MR) is 85.7 cm³/mol. The summed E-state index contributed by atoms with van der Waals surface area (Å²) in [4.78, 5) is 2.38. The molecule has 2 aliphatic heterocycles. The number of piperidine rings is 2. The molecule has 0 saturated carbocycles. The number of nitrogens with zero attached hydrogens (tertiary/aromatic N) is 1. The van der Waals surface area contributed by atoms with Gasteiger partial charge in [-0.3, -0.25) is 4.90 Å². The Morgan fingerprint density at radius 1 is 1.14 bits per heavy atom. The van der Waals surface area contributed by atoms with E-state index in [2.05, 4.69) is 27.7 Å². The molecule has 2 atom stereocenters. The number of hydrogen-bond donors (Lipinski definition) is 2. The van der Waals surface area contributed by atoms with Crippen molar-refractivity contribution in [3.8, 4) is 0 Å². The Labute approximate surface area is 126 Å². The lowest BCUT2D eigenvalue weighted by atomic mass is 9.86. The van der Waals surface area contributed by atoms with Gasteiger partial charge in [-0.05, 0) is 56.6 Å². The fourth-order valence-electron chi connectivity index (χ4n) is 3.70. The molecule has 0 bridgehead atoms. The van der Waals surface area contributed by atoms with Crippen molar-refractivity contribution < 1.29 is 4.39 Å². The first-order valence-electron chi connectivity index (χ1n) is 8.14. The van der Waals surface area contributed by atoms with Crippen molar-refractivity contribution in [2.45, 2.75) is 37.4 Å². The lowest BCUT2D eigenvalue weighted by molar-refractivity contribution is 0.0691. The Bertz CT molecular complexity index is 442. The van der Waals surface area contributed by atoms with Gasteiger partial charge in [0, 0.05) is 31.2 Å². The Hall–Kier alpha value is -1.13. The van der Waals surface area contributed by atoms with E-state index in [-0.39, 0.29) is 5.92 Å². The van der Waals surface area contributed by atoms with Crippen LogP contribution >= 0.6 is 0 Å². The van der Waals surface area contributed by atoms with Crippen LogP contribution < -0.4 is 10.6 Å². The van der Waals surface area contributed by atoms with Gasteiger partial charge >= 0.3 is 0 Å². The van der Waals surface area contributed by atoms with Gasteiger partial charge in [-0.1, -0.05) is 12.1 Å². The molecule has 21 heavy (non-hydrogen) atoms. The number of nitrogens with one attached hydrogen (secondary N) is 2. The second-order valence-corrected chi connectivity index (χ2v) is 6.26. The molecule has 4 heteroatoms. The molecule has 3 nitrogen and oxygen atoms in total. The van der Waals surface area contributed by atoms with Crippen molar-refractivity contribution in [3.05, 3.63) is 29.8 Å². The van der Waals surface area contributed by atoms with Crippen molar-refractivity contribution in [2.75, 3.05) is 38.5 Å². The van der Waals surface area contributed by atoms with E-state index in [9.17, 15) is 4.39 Å². The highest BCUT2D eigenvalue weighted by Crippen LogP contribution is 2.32. The van der Waals surface area contributed by atoms with Gasteiger partial charge < -0.3 is 10.6 Å². The maximum atomic E-state index is 14.6. The molecule has 2 unspecified atom stereocenters. The van der Waals surface area contributed by atoms with Crippen molar-refractivity contribution in [1.82, 2.24) is 10.2 Å². The highest BCUT2D eigenvalue weighted by atomic mass is 19.1. The molecule has 1 aromatic carbocycles. The van der Waals surface area contributed by atoms with Crippen LogP contribution in [0.3, 0.4) is 0 Å². The zero-order valence-corrected chi connectivity index (χ0v) is 12.8. The highest BCUT2D eigenvalue weighted by molar-refractivity contribution is 5.44. The van der Waals surface area contributed by atoms with E-state index in [0.717, 1.165) is 50.1 Å². The molecule has 2 N–H and O–H groups in total. The summed E-state index contributed by atoms with van der Waals surface area (Å²) in [6, 6.07) is 8.81. The van der Waals surface area contributed by atoms with Crippen molar-refractivity contribution in [2.24, 2.45) is 0 Å². The number of hydrogen-bond acceptors (Lipinski definition) is 3. The summed E-state index contributed by atoms with van der Waals surface area (Å²) in [6.07, 6.45) is 2.51. The van der Waals surface area contributed by atoms with Crippen LogP contribution in [0.5, 0.6) is 0 Å². The first kappa shape index (κ1) is 14.8. The topological polar surface area (TPSA) is 27.3 Å². The third-order valence-electron chi connectivity index (χ3n) is 5.03. The molecule has 3 rings (SSSR count). The lowest BCUT2D eigenvalue weighted by Crippen LogP contribution is -2.49. The summed E-state index contributed by atoms with van der Waals surface area (Å²) in [5, 5.41) is 6.49. The summed E-state index contributed by atoms with van der Waals surface area (Å²) in [5.41, 5.74) is 2.23. The van der Waals surface area contributed by atoms with Gasteiger partial charge in [0.2, 0.25) is 0 Å². The van der Waals surface area contributed by atoms with E-state index in [1.807, 2.05) is 19.2 Å². The van der Waals surface area contributed by atoms with Gasteiger partial charge in [-0.2, -0.15) is 0 Å². The van der Waals surface area contributed by atoms with E-state index < -0.39 is 6.17 Å². The zero-order chi connectivity index (χ0) is 14.7. The molecule has 0 amide bonds. The molecule has 2 aliphatic rings. The van der Waals surface area contributed by atoms with Crippen molar-refractivity contribution in [1.29, 1.82) is 0 Å². The Morgan fingerprint density at radius 3 is 2.48 bits per heavy atom. The number of alkyl halides is 1. The van der Waals surface area contributed by atoms with Gasteiger partial charge in [0.1, 0.15) is 6.17 Å². The smallest absolute Gasteiger partial charge is 0.120 e. The molecule has 0 radical (unpaired) electrons. The maximum Gasteiger partial charge on any atom is 0.120 e. The van der Waals surface area contributed by atoms with Crippen molar-refractivity contribution in [3.63, 3.8) is 0 Å². The van der Waals surface area contributed by atoms with E-state index >= 15 is 0 Å². The van der Waals surface area contributed by atoms with Crippen LogP contribution in [0.4, 0.5) is 10.1 Å². The summed E-state index contributed by atoms with van der Waals surface area (Å²) in [6.45, 7) is 3.78. The molecular weight excluding hydrogens is 265 g/mol. The SMILES string of the molecule is CNc1ccc(C2CCN(C3CCNCC3)CC2F)cc1. The standard InChI is InChI=1S/C17H26FN3/c1-19-14-4-2-13(3-5-14)16-8-11-21(12-17(16)18)15-6-9-20-10-7-15/h2-5,15-17,19-20H,6-12H2,1H3. The van der Waals surface area contributed by atoms with Crippen LogP contribution in [-0.4, -0.2) is 50.3 Å². The van der Waals surface area contributed by atoms with Crippen LogP contribution in [0.2, 0.25) is 0 Å². The van der Waals surface area contributed by atoms with E-state index in [1.54, 1.807) is 0 Å². The molecular formula is C17H26FN3. The monoisotopic (exact) mass is 291 g/mol. The molecule has 116 valence electrons. The minimum atomic E-state index is -0.742. The molecule has 2 fully saturated rings. The maximum absolute atomic E-state index is 14.6. The third kappa shape index (κ3) is 3.38. The summed E-state index contributed by atoms with van der Waals surface area (Å²) < 4.78 is 14.6. The van der Waals surface area contributed by atoms with Crippen LogP contribution in [0.25, 0.3) is 0 Å². The molecule has 1 aromatic rings. The summed E-state index contributed by atoms with van der Waals surface area (Å²) >= 11 is 0. The Morgan fingerprint density at radius 2 is 1.86 bits per heavy atom. The molecule has 0 aliphatic carbocycles. The first-order valence-corrected chi connectivity index (χ1v) is 8.14. The first-order chi connectivity index (χ1) is 10.3. The second-order valence-electron chi connectivity index (χ2n) is 6.26. The normalized spacial score (nSPS) is 28.5. The summed E-state index contributed by atoms with van der Waals surface area (Å²) in [5.74, 6) is 0.0638. The quantitative estimate of drug-likeness (QED) is 0.896. The largest absolute Gasteiger partial charge is 0.388 e. The van der Waals surface area contributed by atoms with Gasteiger partial charge in [0.25, 0.3) is 0 Å². The number of anilines is 1. The van der Waals surface area contributed by atoms with Crippen LogP contribution in [0.1, 0.15) is 30.7 Å². The van der Waals surface area contributed by atoms with E-state index in [4.69, 9.17) is 0 Å². The van der Waals surface area contributed by atoms with Crippen LogP contribution in [-0.2, 0) is 0 Å². The lowest BCUT2D eigenvalue weighted by Gasteiger charge is -2.41. The van der Waals surface area contributed by atoms with Gasteiger partial charge in [-0.25, -0.2) is 4.39 Å². The number of rotatable bonds is 3. The molecule has 0 spiro atoms. The molecule has 2 heterocycles. The molecule has 0 aromatic heterocycles. The minimum Gasteiger partial charge on any atom is -0.388 e. The van der Waals surface area contributed by atoms with Crippen LogP contribution in [0.15, 0.2) is 24.3 Å². The number of likely N-dealkylation sites (tertiary alicyclic amines) is 1. The fourth-order valence-corrected chi connectivity index (χ4v) is 3.70. The average molecular weight is 291 g/mol. The number of halogens is 1. The van der Waals surface area contributed by atoms with Gasteiger partial charge in [0.05, 0.1) is 0 Å². The second kappa shape index (κ2) is 6.75. The number of benzene rings is 1. The zero-order valence-electron chi connectivity index (χ0n) is 12.8. The van der Waals surface area contributed by atoms with Gasteiger partial charge in [0.15, 0.2) is 0 Å². The highest BCUT2D eigenvalue weighted by Gasteiger charge is 2.33. The fraction of sp³-hybridized carbons (Fsp3) is 0.647. The van der Waals surface area contributed by atoms with Crippen molar-refractivity contribution >= 4 is 5.69 Å². The van der Waals surface area contributed by atoms with E-state index in [1.165, 1.54) is 0 Å². The van der Waals surface area contributed by atoms with Crippen LogP contribution in [0, 0.1) is 0 Å². The Balaban J connectivity index is 1.62. The third-order valence-corrected chi connectivity index (χ3v) is 5.03. The molecule has 2 saturated heterocycles. The van der Waals surface area contributed by atoms with Gasteiger partial charge in [-0.15, -0.1) is 0 Å². The van der Waals surface area contributed by atoms with E-state index in [0.29, 0.717) is 12.6 Å². The summed E-state index contributed by atoms with van der Waals surface area (Å²) in [7, 11) is 1.91.